The molecule has 0 saturated heterocycles. The lowest BCUT2D eigenvalue weighted by atomic mass is 9.93. The first kappa shape index (κ1) is 21.1. The Bertz CT molecular complexity index is 2020. The minimum atomic E-state index is 1.13. The molecule has 0 aliphatic heterocycles. The van der Waals surface area contributed by atoms with Crippen LogP contribution in [0.25, 0.3) is 77.2 Å². The van der Waals surface area contributed by atoms with E-state index in [2.05, 4.69) is 126 Å². The number of fused-ring (bicyclic) bond motifs is 4. The summed E-state index contributed by atoms with van der Waals surface area (Å²) in [7, 11) is 0. The van der Waals surface area contributed by atoms with E-state index < -0.39 is 0 Å². The van der Waals surface area contributed by atoms with E-state index in [0.717, 1.165) is 5.56 Å². The lowest BCUT2D eigenvalue weighted by Crippen LogP contribution is -1.85. The number of nitrogens with zero attached hydrogens (tertiary/aromatic N) is 1. The van der Waals surface area contributed by atoms with Gasteiger partial charge in [0.05, 0.1) is 0 Å². The van der Waals surface area contributed by atoms with Crippen LogP contribution >= 0.6 is 0 Å². The van der Waals surface area contributed by atoms with Gasteiger partial charge in [0.15, 0.2) is 0 Å². The van der Waals surface area contributed by atoms with Crippen LogP contribution in [0.15, 0.2) is 140 Å². The van der Waals surface area contributed by atoms with E-state index in [0.29, 0.717) is 0 Å². The molecule has 0 bridgehead atoms. The lowest BCUT2D eigenvalue weighted by Gasteiger charge is -2.11. The van der Waals surface area contributed by atoms with Crippen molar-refractivity contribution in [3.63, 3.8) is 0 Å². The van der Waals surface area contributed by atoms with Crippen LogP contribution in [0.2, 0.25) is 0 Å². The van der Waals surface area contributed by atoms with E-state index >= 15 is 0 Å². The summed E-state index contributed by atoms with van der Waals surface area (Å²) in [4.78, 5) is 4.28. The first-order valence-corrected chi connectivity index (χ1v) is 13.0. The number of rotatable bonds is 3. The van der Waals surface area contributed by atoms with Crippen molar-refractivity contribution in [3.8, 4) is 55.6 Å². The minimum Gasteiger partial charge on any atom is -0.264 e. The summed E-state index contributed by atoms with van der Waals surface area (Å²) in [6.07, 6.45) is 3.73. The maximum Gasteiger partial charge on any atom is 0.0346 e. The second-order valence-electron chi connectivity index (χ2n) is 10.1. The Morgan fingerprint density at radius 3 is 1.71 bits per heavy atom. The molecule has 1 heterocycles. The monoisotopic (exact) mass is 481 g/mol. The Morgan fingerprint density at radius 1 is 0.342 bits per heavy atom. The maximum absolute atomic E-state index is 4.28. The van der Waals surface area contributed by atoms with E-state index in [4.69, 9.17) is 0 Å². The summed E-state index contributed by atoms with van der Waals surface area (Å²) >= 11 is 0. The van der Waals surface area contributed by atoms with Gasteiger partial charge in [0.2, 0.25) is 0 Å². The van der Waals surface area contributed by atoms with Gasteiger partial charge in [-0.25, -0.2) is 0 Å². The topological polar surface area (TPSA) is 12.9 Å². The highest BCUT2D eigenvalue weighted by molar-refractivity contribution is 6.16. The third-order valence-corrected chi connectivity index (χ3v) is 7.85. The summed E-state index contributed by atoms with van der Waals surface area (Å²) in [5.74, 6) is 0. The van der Waals surface area contributed by atoms with Gasteiger partial charge in [-0.3, -0.25) is 4.98 Å². The zero-order valence-electron chi connectivity index (χ0n) is 20.7. The number of aromatic nitrogens is 1. The maximum atomic E-state index is 4.28. The molecular formula is C37H23N. The first-order valence-electron chi connectivity index (χ1n) is 13.0. The van der Waals surface area contributed by atoms with E-state index in [1.54, 1.807) is 0 Å². The molecule has 0 amide bonds. The highest BCUT2D eigenvalue weighted by Gasteiger charge is 2.21. The summed E-state index contributed by atoms with van der Waals surface area (Å²) in [6, 6.07) is 46.5. The molecule has 1 nitrogen and oxygen atoms in total. The predicted octanol–water partition coefficient (Wildman–Crippen LogP) is 10.0. The molecule has 0 spiro atoms. The molecule has 0 radical (unpaired) electrons. The molecule has 0 unspecified atom stereocenters. The van der Waals surface area contributed by atoms with Crippen molar-refractivity contribution in [1.82, 2.24) is 4.98 Å². The number of pyridine rings is 1. The molecule has 8 rings (SSSR count). The zero-order valence-corrected chi connectivity index (χ0v) is 20.7. The zero-order chi connectivity index (χ0) is 25.1. The molecule has 1 aliphatic carbocycles. The fraction of sp³-hybridized carbons (Fsp3) is 0. The molecule has 6 aromatic carbocycles. The highest BCUT2D eigenvalue weighted by atomic mass is 14.6. The van der Waals surface area contributed by atoms with Gasteiger partial charge in [0.25, 0.3) is 0 Å². The van der Waals surface area contributed by atoms with Gasteiger partial charge in [-0.05, 0) is 108 Å². The lowest BCUT2D eigenvalue weighted by molar-refractivity contribution is 1.33. The average molecular weight is 482 g/mol. The van der Waals surface area contributed by atoms with Crippen molar-refractivity contribution in [2.45, 2.75) is 0 Å². The van der Waals surface area contributed by atoms with Crippen molar-refractivity contribution < 1.29 is 0 Å². The van der Waals surface area contributed by atoms with Crippen LogP contribution in [0.1, 0.15) is 0 Å². The smallest absolute Gasteiger partial charge is 0.0346 e. The summed E-state index contributed by atoms with van der Waals surface area (Å²) in [6.45, 7) is 0. The van der Waals surface area contributed by atoms with Gasteiger partial charge < -0.3 is 0 Å². The van der Waals surface area contributed by atoms with Gasteiger partial charge in [0, 0.05) is 18.0 Å². The van der Waals surface area contributed by atoms with Gasteiger partial charge in [-0.1, -0.05) is 91.0 Å². The largest absolute Gasteiger partial charge is 0.264 e. The van der Waals surface area contributed by atoms with E-state index in [1.807, 2.05) is 18.5 Å². The fourth-order valence-electron chi connectivity index (χ4n) is 6.00. The molecule has 1 aromatic heterocycles. The van der Waals surface area contributed by atoms with Gasteiger partial charge in [0.1, 0.15) is 0 Å². The number of hydrogen-bond acceptors (Lipinski definition) is 1. The summed E-state index contributed by atoms with van der Waals surface area (Å²) < 4.78 is 0. The molecule has 0 N–H and O–H groups in total. The molecular weight excluding hydrogens is 458 g/mol. The van der Waals surface area contributed by atoms with Crippen molar-refractivity contribution in [2.75, 3.05) is 0 Å². The second-order valence-corrected chi connectivity index (χ2v) is 10.1. The minimum absolute atomic E-state index is 1.13. The normalized spacial score (nSPS) is 11.7. The quantitative estimate of drug-likeness (QED) is 0.245. The van der Waals surface area contributed by atoms with Crippen LogP contribution < -0.4 is 0 Å². The predicted molar refractivity (Wildman–Crippen MR) is 160 cm³/mol. The number of benzene rings is 6. The number of hydrogen-bond donors (Lipinski definition) is 0. The van der Waals surface area contributed by atoms with Crippen molar-refractivity contribution in [2.24, 2.45) is 0 Å². The first-order chi connectivity index (χ1) is 18.8. The third-order valence-electron chi connectivity index (χ3n) is 7.85. The molecule has 1 aliphatic rings. The van der Waals surface area contributed by atoms with Crippen molar-refractivity contribution in [1.29, 1.82) is 0 Å². The molecule has 0 atom stereocenters. The molecule has 176 valence electrons. The summed E-state index contributed by atoms with van der Waals surface area (Å²) in [5, 5.41) is 5.17. The summed E-state index contributed by atoms with van der Waals surface area (Å²) in [5.41, 5.74) is 12.6. The van der Waals surface area contributed by atoms with Crippen LogP contribution in [0.4, 0.5) is 0 Å². The van der Waals surface area contributed by atoms with E-state index in [9.17, 15) is 0 Å². The highest BCUT2D eigenvalue weighted by Crippen LogP contribution is 2.48. The fourth-order valence-corrected chi connectivity index (χ4v) is 6.00. The van der Waals surface area contributed by atoms with Crippen LogP contribution in [-0.4, -0.2) is 4.98 Å². The SMILES string of the molecule is c1cncc(-c2cccc(-c3ccc4cc(-c5cc6c7c(cccc7c5)-c5ccccc5-6)ccc4c3)c2)c1. The Morgan fingerprint density at radius 2 is 0.947 bits per heavy atom. The molecule has 0 saturated carbocycles. The molecule has 7 aromatic rings. The van der Waals surface area contributed by atoms with Crippen molar-refractivity contribution >= 4 is 21.5 Å². The van der Waals surface area contributed by atoms with Gasteiger partial charge in [-0.2, -0.15) is 0 Å². The Balaban J connectivity index is 1.20. The standard InChI is InChI=1S/C37H23N/c1-2-11-34-33(10-1)35-12-4-8-30-21-32(22-36(34)37(30)35)29-16-15-27-19-26(13-14-28(27)20-29)24-6-3-7-25(18-24)31-9-5-17-38-23-31/h1-23H. The Kier molecular flexibility index (Phi) is 4.59. The van der Waals surface area contributed by atoms with Gasteiger partial charge >= 0.3 is 0 Å². The average Bonchev–Trinajstić information content (AvgIpc) is 3.32. The third kappa shape index (κ3) is 3.29. The molecule has 0 fully saturated rings. The van der Waals surface area contributed by atoms with Gasteiger partial charge in [-0.15, -0.1) is 0 Å². The van der Waals surface area contributed by atoms with Crippen molar-refractivity contribution in [3.05, 3.63) is 140 Å². The molecule has 38 heavy (non-hydrogen) atoms. The van der Waals surface area contributed by atoms with Crippen LogP contribution in [0.5, 0.6) is 0 Å². The van der Waals surface area contributed by atoms with E-state index in [1.165, 1.54) is 71.6 Å². The molecule has 1 heteroatoms. The second kappa shape index (κ2) is 8.26. The van der Waals surface area contributed by atoms with Crippen LogP contribution in [-0.2, 0) is 0 Å². The van der Waals surface area contributed by atoms with Crippen LogP contribution in [0.3, 0.4) is 0 Å². The Hall–Kier alpha value is -5.01. The Labute approximate surface area is 221 Å². The van der Waals surface area contributed by atoms with E-state index in [-0.39, 0.29) is 0 Å². The van der Waals surface area contributed by atoms with Crippen LogP contribution in [0, 0.1) is 0 Å².